The highest BCUT2D eigenvalue weighted by Crippen LogP contribution is 2.45. The van der Waals surface area contributed by atoms with Crippen LogP contribution in [-0.4, -0.2) is 53.0 Å². The summed E-state index contributed by atoms with van der Waals surface area (Å²) in [5.41, 5.74) is 5.53. The lowest BCUT2D eigenvalue weighted by atomic mass is 9.87. The van der Waals surface area contributed by atoms with Crippen LogP contribution in [0.1, 0.15) is 59.1 Å². The Morgan fingerprint density at radius 2 is 1.76 bits per heavy atom. The van der Waals surface area contributed by atoms with E-state index in [1.54, 1.807) is 29.2 Å². The molecule has 2 N–H and O–H groups in total. The zero-order valence-electron chi connectivity index (χ0n) is 23.5. The van der Waals surface area contributed by atoms with Crippen LogP contribution in [0, 0.1) is 6.92 Å². The minimum Gasteiger partial charge on any atom is -0.379 e. The van der Waals surface area contributed by atoms with E-state index in [0.29, 0.717) is 31.7 Å². The Balaban J connectivity index is 1.37. The molecule has 8 nitrogen and oxygen atoms in total. The molecule has 0 bridgehead atoms. The fourth-order valence-corrected chi connectivity index (χ4v) is 6.06. The van der Waals surface area contributed by atoms with Crippen LogP contribution in [0.15, 0.2) is 72.8 Å². The second-order valence-electron chi connectivity index (χ2n) is 11.0. The Kier molecular flexibility index (Phi) is 7.09. The van der Waals surface area contributed by atoms with Gasteiger partial charge in [0.05, 0.1) is 17.4 Å². The van der Waals surface area contributed by atoms with Gasteiger partial charge in [0, 0.05) is 36.2 Å². The Morgan fingerprint density at radius 3 is 2.56 bits per heavy atom. The van der Waals surface area contributed by atoms with E-state index in [2.05, 4.69) is 16.4 Å². The molecule has 2 atom stereocenters. The fraction of sp³-hybridized carbons (Fsp3) is 0.303. The first-order valence-corrected chi connectivity index (χ1v) is 14.2. The van der Waals surface area contributed by atoms with E-state index in [1.807, 2.05) is 63.2 Å². The highest BCUT2D eigenvalue weighted by Gasteiger charge is 2.53. The monoisotopic (exact) mass is 550 g/mol. The lowest BCUT2D eigenvalue weighted by Gasteiger charge is -2.36. The molecule has 3 aromatic carbocycles. The molecule has 210 valence electrons. The van der Waals surface area contributed by atoms with Crippen LogP contribution in [0.5, 0.6) is 0 Å². The van der Waals surface area contributed by atoms with Crippen molar-refractivity contribution in [2.45, 2.75) is 51.8 Å². The first-order chi connectivity index (χ1) is 19.9. The van der Waals surface area contributed by atoms with Gasteiger partial charge in [-0.15, -0.1) is 0 Å². The summed E-state index contributed by atoms with van der Waals surface area (Å²) in [6.07, 6.45) is 1.18. The molecule has 0 saturated carbocycles. The van der Waals surface area contributed by atoms with Crippen LogP contribution >= 0.6 is 0 Å². The molecule has 8 heteroatoms. The molecule has 1 aromatic heterocycles. The predicted octanol–water partition coefficient (Wildman–Crippen LogP) is 5.50. The van der Waals surface area contributed by atoms with Crippen molar-refractivity contribution in [3.8, 4) is 0 Å². The van der Waals surface area contributed by atoms with Crippen LogP contribution in [0.4, 0.5) is 10.5 Å². The second kappa shape index (κ2) is 10.9. The Morgan fingerprint density at radius 1 is 1.02 bits per heavy atom. The van der Waals surface area contributed by atoms with Gasteiger partial charge in [0.1, 0.15) is 12.1 Å². The molecule has 0 spiro atoms. The van der Waals surface area contributed by atoms with Gasteiger partial charge in [0.15, 0.2) is 0 Å². The highest BCUT2D eigenvalue weighted by molar-refractivity contribution is 6.24. The number of H-pyrrole nitrogens is 1. The van der Waals surface area contributed by atoms with Crippen molar-refractivity contribution in [1.82, 2.24) is 15.2 Å². The van der Waals surface area contributed by atoms with E-state index in [9.17, 15) is 14.4 Å². The third-order valence-electron chi connectivity index (χ3n) is 7.98. The van der Waals surface area contributed by atoms with Crippen molar-refractivity contribution < 1.29 is 19.1 Å². The number of aryl methyl sites for hydroxylation is 1. The van der Waals surface area contributed by atoms with Gasteiger partial charge < -0.3 is 15.0 Å². The van der Waals surface area contributed by atoms with Crippen molar-refractivity contribution >= 4 is 34.4 Å². The number of urea groups is 1. The number of carbonyl (C=O) groups is 3. The maximum absolute atomic E-state index is 14.3. The number of nitrogens with one attached hydrogen (secondary N) is 2. The number of amides is 4. The summed E-state index contributed by atoms with van der Waals surface area (Å²) in [5.74, 6) is -0.655. The summed E-state index contributed by atoms with van der Waals surface area (Å²) < 4.78 is 5.56. The van der Waals surface area contributed by atoms with E-state index in [0.717, 1.165) is 33.3 Å². The van der Waals surface area contributed by atoms with Gasteiger partial charge in [0.25, 0.3) is 11.8 Å². The molecule has 1 unspecified atom stereocenters. The van der Waals surface area contributed by atoms with Gasteiger partial charge in [-0.25, -0.2) is 9.69 Å². The number of para-hydroxylation sites is 2. The van der Waals surface area contributed by atoms with Crippen molar-refractivity contribution in [2.24, 2.45) is 0 Å². The molecule has 41 heavy (non-hydrogen) atoms. The van der Waals surface area contributed by atoms with Gasteiger partial charge >= 0.3 is 6.03 Å². The van der Waals surface area contributed by atoms with Gasteiger partial charge in [-0.05, 0) is 62.1 Å². The molecule has 2 aliphatic heterocycles. The molecule has 2 aliphatic rings. The first-order valence-electron chi connectivity index (χ1n) is 14.2. The Bertz CT molecular complexity index is 1640. The third kappa shape index (κ3) is 4.68. The van der Waals surface area contributed by atoms with Crippen LogP contribution in [0.3, 0.4) is 0 Å². The van der Waals surface area contributed by atoms with Gasteiger partial charge in [-0.1, -0.05) is 54.6 Å². The number of aromatic amines is 1. The average Bonchev–Trinajstić information content (AvgIpc) is 3.46. The van der Waals surface area contributed by atoms with Gasteiger partial charge in [0.2, 0.25) is 0 Å². The molecule has 1 fully saturated rings. The summed E-state index contributed by atoms with van der Waals surface area (Å²) in [4.78, 5) is 48.1. The number of imide groups is 1. The van der Waals surface area contributed by atoms with E-state index >= 15 is 0 Å². The summed E-state index contributed by atoms with van der Waals surface area (Å²) in [6.45, 7) is 6.92. The van der Waals surface area contributed by atoms with E-state index in [-0.39, 0.29) is 23.5 Å². The average molecular weight is 551 g/mol. The van der Waals surface area contributed by atoms with Crippen LogP contribution in [0.2, 0.25) is 0 Å². The van der Waals surface area contributed by atoms with Crippen molar-refractivity contribution in [1.29, 1.82) is 0 Å². The standard InChI is InChI=1S/C33H34N4O4/c1-20(2)41-18-10-17-34-31(38)24-14-7-9-16-27(24)37-32(39)28-19-25-23-13-6-8-15-26(23)35-29(25)30(36(28)33(37)40)22-12-5-4-11-21(22)3/h4-9,11-16,20,28,30,35H,10,17-19H2,1-3H3,(H,34,38)/t28-,30?/m0/s1. The normalized spacial score (nSPS) is 18.2. The lowest BCUT2D eigenvalue weighted by Crippen LogP contribution is -2.44. The number of benzene rings is 3. The topological polar surface area (TPSA) is 94.7 Å². The third-order valence-corrected chi connectivity index (χ3v) is 7.98. The molecule has 4 amide bonds. The molecule has 6 rings (SSSR count). The quantitative estimate of drug-likeness (QED) is 0.224. The fourth-order valence-electron chi connectivity index (χ4n) is 6.06. The zero-order chi connectivity index (χ0) is 28.7. The van der Waals surface area contributed by atoms with Crippen molar-refractivity contribution in [3.63, 3.8) is 0 Å². The van der Waals surface area contributed by atoms with E-state index in [4.69, 9.17) is 4.74 Å². The molecule has 1 saturated heterocycles. The number of fused-ring (bicyclic) bond motifs is 4. The van der Waals surface area contributed by atoms with Gasteiger partial charge in [-0.3, -0.25) is 14.5 Å². The first kappa shape index (κ1) is 26.8. The maximum atomic E-state index is 14.3. The SMILES string of the molecule is Cc1ccccc1C1c2[nH]c3ccccc3c2C[C@H]2C(=O)N(c3ccccc3C(=O)NCCCOC(C)C)C(=O)N12. The maximum Gasteiger partial charge on any atom is 0.332 e. The minimum atomic E-state index is -0.692. The van der Waals surface area contributed by atoms with E-state index < -0.39 is 18.1 Å². The van der Waals surface area contributed by atoms with Crippen molar-refractivity contribution in [2.75, 3.05) is 18.1 Å². The second-order valence-corrected chi connectivity index (χ2v) is 11.0. The van der Waals surface area contributed by atoms with Crippen LogP contribution < -0.4 is 10.2 Å². The van der Waals surface area contributed by atoms with Crippen LogP contribution in [0.25, 0.3) is 10.9 Å². The number of hydrogen-bond donors (Lipinski definition) is 2. The van der Waals surface area contributed by atoms with Crippen molar-refractivity contribution in [3.05, 3.63) is 101 Å². The summed E-state index contributed by atoms with van der Waals surface area (Å²) in [6, 6.07) is 21.2. The number of carbonyl (C=O) groups excluding carboxylic acids is 3. The molecular weight excluding hydrogens is 516 g/mol. The Labute approximate surface area is 239 Å². The predicted molar refractivity (Wildman–Crippen MR) is 158 cm³/mol. The summed E-state index contributed by atoms with van der Waals surface area (Å²) >= 11 is 0. The number of nitrogens with zero attached hydrogens (tertiary/aromatic N) is 2. The minimum absolute atomic E-state index is 0.125. The molecule has 3 heterocycles. The molecule has 0 radical (unpaired) electrons. The van der Waals surface area contributed by atoms with Gasteiger partial charge in [-0.2, -0.15) is 0 Å². The smallest absolute Gasteiger partial charge is 0.332 e. The largest absolute Gasteiger partial charge is 0.379 e. The summed E-state index contributed by atoms with van der Waals surface area (Å²) in [7, 11) is 0. The lowest BCUT2D eigenvalue weighted by molar-refractivity contribution is -0.120. The number of anilines is 1. The molecule has 4 aromatic rings. The molecule has 0 aliphatic carbocycles. The number of rotatable bonds is 8. The number of hydrogen-bond acceptors (Lipinski definition) is 4. The number of aromatic nitrogens is 1. The molecular formula is C33H34N4O4. The Hall–Kier alpha value is -4.43. The number of ether oxygens (including phenoxy) is 1. The highest BCUT2D eigenvalue weighted by atomic mass is 16.5. The van der Waals surface area contributed by atoms with Crippen LogP contribution in [-0.2, 0) is 16.0 Å². The summed E-state index contributed by atoms with van der Waals surface area (Å²) in [5, 5.41) is 3.97. The zero-order valence-corrected chi connectivity index (χ0v) is 23.5. The van der Waals surface area contributed by atoms with E-state index in [1.165, 1.54) is 4.90 Å².